The highest BCUT2D eigenvalue weighted by Gasteiger charge is 3.10. The van der Waals surface area contributed by atoms with Gasteiger partial charge in [0.25, 0.3) is 0 Å². The van der Waals surface area contributed by atoms with Crippen LogP contribution in [-0.4, -0.2) is 171 Å². The molecule has 92 heavy (non-hydrogen) atoms. The van der Waals surface area contributed by atoms with Crippen molar-refractivity contribution in [3.05, 3.63) is 60.2 Å². The zero-order valence-electron chi connectivity index (χ0n) is 50.4. The van der Waals surface area contributed by atoms with Crippen molar-refractivity contribution in [2.45, 2.75) is 35.2 Å². The number of hydrogen-bond acceptors (Lipinski definition) is 20. The molecule has 20 rings (SSSR count). The summed E-state index contributed by atoms with van der Waals surface area (Å²) in [4.78, 5) is 158. The van der Waals surface area contributed by atoms with Crippen molar-refractivity contribution in [3.8, 4) is 0 Å². The maximum atomic E-state index is 16.2. The van der Waals surface area contributed by atoms with Gasteiger partial charge in [0.15, 0.2) is 32.6 Å². The molecule has 2 aromatic rings. The van der Waals surface area contributed by atoms with Crippen LogP contribution in [0.15, 0.2) is 48.5 Å². The zero-order chi connectivity index (χ0) is 64.5. The molecule has 6 heterocycles. The number of halogens is 2. The van der Waals surface area contributed by atoms with E-state index >= 15 is 47.9 Å². The molecule has 24 nitrogen and oxygen atoms in total. The average Bonchev–Trinajstić information content (AvgIpc) is 1.38. The van der Waals surface area contributed by atoms with Crippen molar-refractivity contribution in [2.24, 2.45) is 141 Å². The number of benzene rings is 2. The van der Waals surface area contributed by atoms with Gasteiger partial charge in [0.1, 0.15) is 11.6 Å². The van der Waals surface area contributed by atoms with Gasteiger partial charge in [0.2, 0.25) is 23.6 Å². The van der Waals surface area contributed by atoms with Crippen LogP contribution in [0.3, 0.4) is 0 Å². The van der Waals surface area contributed by atoms with Gasteiger partial charge in [-0.2, -0.15) is 0 Å². The minimum absolute atomic E-state index is 0.0343. The molecule has 2 aromatic carbocycles. The molecular formula is C64H64F2N6O18S2. The van der Waals surface area contributed by atoms with E-state index in [1.54, 1.807) is 0 Å². The molecule has 0 spiro atoms. The number of amides is 4. The van der Waals surface area contributed by atoms with Gasteiger partial charge in [-0.1, -0.05) is 0 Å². The quantitative estimate of drug-likeness (QED) is 0.0902. The first-order valence-electron chi connectivity index (χ1n) is 31.4. The van der Waals surface area contributed by atoms with E-state index in [2.05, 4.69) is 21.3 Å². The minimum Gasteiger partial charge on any atom is -0.469 e. The first kappa shape index (κ1) is 58.5. The van der Waals surface area contributed by atoms with Gasteiger partial charge in [0.05, 0.1) is 77.2 Å². The number of rotatable bonds is 14. The van der Waals surface area contributed by atoms with Crippen LogP contribution >= 0.6 is 24.4 Å². The number of anilines is 2. The lowest BCUT2D eigenvalue weighted by Crippen LogP contribution is -2.75. The number of thiocarbonyl (C=S) groups is 2. The largest absolute Gasteiger partial charge is 0.469 e. The maximum absolute atomic E-state index is 16.2. The molecule has 24 atom stereocenters. The van der Waals surface area contributed by atoms with Gasteiger partial charge >= 0.3 is 35.8 Å². The summed E-state index contributed by atoms with van der Waals surface area (Å²) in [5.74, 6) is -29.6. The Bertz CT molecular complexity index is 3440. The number of ether oxygens (including phenoxy) is 8. The molecule has 18 aliphatic rings. The predicted molar refractivity (Wildman–Crippen MR) is 311 cm³/mol. The van der Waals surface area contributed by atoms with Crippen LogP contribution in [0.4, 0.5) is 20.2 Å². The van der Waals surface area contributed by atoms with E-state index in [1.165, 1.54) is 101 Å². The number of methoxy groups -OCH3 is 6. The van der Waals surface area contributed by atoms with Gasteiger partial charge < -0.3 is 59.2 Å². The van der Waals surface area contributed by atoms with E-state index in [0.717, 1.165) is 0 Å². The topological polar surface area (TPSA) is 299 Å². The van der Waals surface area contributed by atoms with E-state index in [4.69, 9.17) is 62.3 Å². The predicted octanol–water partition coefficient (Wildman–Crippen LogP) is 1.49. The van der Waals surface area contributed by atoms with E-state index in [-0.39, 0.29) is 49.2 Å². The lowest BCUT2D eigenvalue weighted by Gasteiger charge is -2.63. The molecular weight excluding hydrogens is 1240 g/mol. The highest BCUT2D eigenvalue weighted by atomic mass is 32.1. The number of fused-ring (bicyclic) bond motifs is 24. The van der Waals surface area contributed by atoms with Crippen LogP contribution < -0.4 is 21.3 Å². The lowest BCUT2D eigenvalue weighted by atomic mass is 9.35. The molecule has 16 bridgehead atoms. The Hall–Kier alpha value is -7.30. The first-order chi connectivity index (χ1) is 44.1. The minimum atomic E-state index is -2.13. The van der Waals surface area contributed by atoms with Crippen molar-refractivity contribution in [1.82, 2.24) is 20.4 Å². The van der Waals surface area contributed by atoms with Crippen molar-refractivity contribution >= 4 is 105 Å². The van der Waals surface area contributed by atoms with E-state index in [0.29, 0.717) is 11.4 Å². The van der Waals surface area contributed by atoms with E-state index in [9.17, 15) is 8.78 Å². The molecule has 28 heteroatoms. The van der Waals surface area contributed by atoms with Crippen molar-refractivity contribution < 1.29 is 94.6 Å². The van der Waals surface area contributed by atoms with E-state index in [1.807, 2.05) is 0 Å². The molecule has 6 aliphatic heterocycles. The fourth-order valence-electron chi connectivity index (χ4n) is 26.3. The fourth-order valence-corrected chi connectivity index (χ4v) is 26.7. The summed E-state index contributed by atoms with van der Waals surface area (Å²) in [6.45, 7) is -0.143. The first-order valence-corrected chi connectivity index (χ1v) is 32.2. The van der Waals surface area contributed by atoms with Crippen LogP contribution in [0, 0.1) is 153 Å². The summed E-state index contributed by atoms with van der Waals surface area (Å²) in [6, 6.07) is 11.0. The highest BCUT2D eigenvalue weighted by Crippen LogP contribution is 3.02. The van der Waals surface area contributed by atoms with Crippen molar-refractivity contribution in [3.63, 3.8) is 0 Å². The van der Waals surface area contributed by atoms with Gasteiger partial charge in [-0.15, -0.1) is 0 Å². The summed E-state index contributed by atoms with van der Waals surface area (Å²) in [6.07, 6.45) is 0.472. The Balaban J connectivity index is 0.765. The number of carbonyl (C=O) groups excluding carboxylic acids is 10. The fraction of sp³-hybridized carbons (Fsp3) is 0.625. The second-order valence-corrected chi connectivity index (χ2v) is 29.0. The molecule has 0 aromatic heterocycles. The Morgan fingerprint density at radius 2 is 0.696 bits per heavy atom. The summed E-state index contributed by atoms with van der Waals surface area (Å²) in [7, 11) is 7.10. The summed E-state index contributed by atoms with van der Waals surface area (Å²) in [5.41, 5.74) is -11.5. The van der Waals surface area contributed by atoms with Gasteiger partial charge in [0, 0.05) is 84.9 Å². The number of nitrogens with zero attached hydrogens (tertiary/aromatic N) is 2. The summed E-state index contributed by atoms with van der Waals surface area (Å²) in [5, 5.41) is 12.2. The van der Waals surface area contributed by atoms with Gasteiger partial charge in [-0.3, -0.25) is 38.6 Å². The standard InChI is InChI=1S/C64H64F2N6O18S2/c1-83-51(77)59-39-33-34-40(59)44-46(64(56(82)88-6)38-28-20-26(36(38)62(44,90-64)54(80)86-4)30-32(28)50(76)72(48(30)74)18-16-68-58(92)70-24-13-9-22(66)10-14-24)42(33)60(59,52(78)84-2)41(34)45-43(39)61(53(79)85-3)35-25-19-27(37(35)63(45,89-61)55(81)87-5)31-29(25)47(73)71(49(31)75)17-15-67-57(91)69-23-11-7-21(65)8-12-23/h7-14,25-46H,15-20H2,1-6H3,(H2,67,69,91)(H2,68,70,92). The Kier molecular flexibility index (Phi) is 11.9. The molecule has 18 fully saturated rings. The number of carbonyl (C=O) groups is 10. The van der Waals surface area contributed by atoms with Crippen LogP contribution in [0.2, 0.25) is 0 Å². The number of likely N-dealkylation sites (tertiary alicyclic amines) is 2. The summed E-state index contributed by atoms with van der Waals surface area (Å²) < 4.78 is 77.6. The number of esters is 6. The zero-order valence-corrected chi connectivity index (χ0v) is 52.0. The van der Waals surface area contributed by atoms with Crippen LogP contribution in [0.25, 0.3) is 0 Å². The number of hydrogen-bond donors (Lipinski definition) is 4. The Labute approximate surface area is 534 Å². The summed E-state index contributed by atoms with van der Waals surface area (Å²) >= 11 is 11.0. The normalized spacial score (nSPS) is 46.7. The number of nitrogens with one attached hydrogen (secondary N) is 4. The molecule has 4 N–H and O–H groups in total. The molecule has 12 saturated carbocycles. The second-order valence-electron chi connectivity index (χ2n) is 28.2. The molecule has 0 radical (unpaired) electrons. The molecule has 6 saturated heterocycles. The van der Waals surface area contributed by atoms with Crippen LogP contribution in [0.5, 0.6) is 0 Å². The molecule has 12 aliphatic carbocycles. The van der Waals surface area contributed by atoms with Gasteiger partial charge in [-0.25, -0.2) is 28.0 Å². The molecule has 4 amide bonds. The third kappa shape index (κ3) is 5.91. The van der Waals surface area contributed by atoms with Crippen LogP contribution in [0.1, 0.15) is 12.8 Å². The molecule has 24 unspecified atom stereocenters. The third-order valence-corrected chi connectivity index (χ3v) is 27.4. The van der Waals surface area contributed by atoms with Crippen LogP contribution in [-0.2, 0) is 85.8 Å². The smallest absolute Gasteiger partial charge is 0.338 e. The molecule has 484 valence electrons. The third-order valence-electron chi connectivity index (χ3n) is 26.9. The average molecular weight is 1310 g/mol. The number of imide groups is 2. The Morgan fingerprint density at radius 3 is 0.946 bits per heavy atom. The van der Waals surface area contributed by atoms with E-state index < -0.39 is 235 Å². The lowest BCUT2D eigenvalue weighted by molar-refractivity contribution is -0.230. The SMILES string of the molecule is COC(=O)C12OC(C(=O)OC)(C3C4CC(C5C(=O)N(CCNC(=S)Nc6ccc(F)cc6)C(=O)C45)C31)C1C2C2C3C4C5C6C(C3C(C(=O)OC)(C41)C25C(=O)OC)C1(C(=O)OC)OC6(C(=O)OC)C2C3CC(C4C(=O)N(CCNC(=S)Nc5ccc(F)cc5)C(=O)C34)C21. The second kappa shape index (κ2) is 18.8. The Morgan fingerprint density at radius 1 is 0.435 bits per heavy atom. The highest BCUT2D eigenvalue weighted by molar-refractivity contribution is 7.80. The van der Waals surface area contributed by atoms with Crippen molar-refractivity contribution in [2.75, 3.05) is 79.5 Å². The maximum Gasteiger partial charge on any atom is 0.338 e. The monoisotopic (exact) mass is 1310 g/mol. The van der Waals surface area contributed by atoms with Gasteiger partial charge in [-0.05, 0) is 145 Å². The van der Waals surface area contributed by atoms with Crippen molar-refractivity contribution in [1.29, 1.82) is 0 Å².